The predicted octanol–water partition coefficient (Wildman–Crippen LogP) is 1.17. The topological polar surface area (TPSA) is 87.6 Å². The third-order valence-corrected chi connectivity index (χ3v) is 2.11. The molecule has 0 aliphatic rings. The van der Waals surface area contributed by atoms with Crippen LogP contribution >= 0.6 is 0 Å². The van der Waals surface area contributed by atoms with Crippen molar-refractivity contribution in [2.45, 2.75) is 13.0 Å². The van der Waals surface area contributed by atoms with Crippen molar-refractivity contribution in [2.75, 3.05) is 18.6 Å². The van der Waals surface area contributed by atoms with Crippen molar-refractivity contribution < 1.29 is 23.0 Å². The van der Waals surface area contributed by atoms with Crippen molar-refractivity contribution in [3.8, 4) is 5.75 Å². The molecule has 0 amide bonds. The fourth-order valence-electron chi connectivity index (χ4n) is 1.27. The molecule has 0 atom stereocenters. The summed E-state index contributed by atoms with van der Waals surface area (Å²) in [5, 5.41) is 0. The molecule has 1 aromatic carbocycles. The third kappa shape index (κ3) is 3.20. The van der Waals surface area contributed by atoms with Crippen LogP contribution in [0.25, 0.3) is 0 Å². The first-order valence-electron chi connectivity index (χ1n) is 4.64. The largest absolute Gasteiger partial charge is 0.469 e. The maximum atomic E-state index is 12.1. The number of nitrogen functional groups attached to an aromatic ring is 2. The number of hydrogen-bond donors (Lipinski definition) is 2. The van der Waals surface area contributed by atoms with Crippen molar-refractivity contribution in [3.63, 3.8) is 0 Å². The summed E-state index contributed by atoms with van der Waals surface area (Å²) in [5.74, 6) is -0.807. The normalized spacial score (nSPS) is 10.4. The fraction of sp³-hybridized carbons (Fsp3) is 0.300. The van der Waals surface area contributed by atoms with Gasteiger partial charge in [0.2, 0.25) is 0 Å². The number of esters is 1. The number of ether oxygens (including phenoxy) is 2. The number of benzene rings is 1. The summed E-state index contributed by atoms with van der Waals surface area (Å²) in [6, 6.07) is 2.56. The molecule has 1 rings (SSSR count). The van der Waals surface area contributed by atoms with Gasteiger partial charge in [-0.25, -0.2) is 0 Å². The summed E-state index contributed by atoms with van der Waals surface area (Å²) in [6.07, 6.45) is -0.282. The number of anilines is 2. The maximum absolute atomic E-state index is 12.1. The van der Waals surface area contributed by atoms with E-state index in [4.69, 9.17) is 11.5 Å². The molecule has 0 radical (unpaired) electrons. The number of hydrogen-bond acceptors (Lipinski definition) is 5. The lowest BCUT2D eigenvalue weighted by atomic mass is 10.1. The van der Waals surface area contributed by atoms with E-state index in [1.807, 2.05) is 0 Å². The molecular formula is C10H12F2N2O3. The molecule has 0 unspecified atom stereocenters. The van der Waals surface area contributed by atoms with Gasteiger partial charge in [0.05, 0.1) is 24.9 Å². The Labute approximate surface area is 96.3 Å². The van der Waals surface area contributed by atoms with Gasteiger partial charge < -0.3 is 20.9 Å². The number of carbonyl (C=O) groups is 1. The van der Waals surface area contributed by atoms with Gasteiger partial charge in [-0.05, 0) is 12.1 Å². The van der Waals surface area contributed by atoms with Crippen LogP contribution in [0.4, 0.5) is 20.2 Å². The first kappa shape index (κ1) is 13.0. The number of nitrogens with two attached hydrogens (primary N) is 2. The van der Waals surface area contributed by atoms with Crippen LogP contribution in [-0.4, -0.2) is 19.7 Å². The lowest BCUT2D eigenvalue weighted by Gasteiger charge is -2.13. The van der Waals surface area contributed by atoms with E-state index in [0.717, 1.165) is 0 Å². The van der Waals surface area contributed by atoms with E-state index in [0.29, 0.717) is 0 Å². The van der Waals surface area contributed by atoms with Gasteiger partial charge in [-0.1, -0.05) is 0 Å². The quantitative estimate of drug-likeness (QED) is 0.615. The average Bonchev–Trinajstić information content (AvgIpc) is 2.27. The molecule has 0 aliphatic heterocycles. The zero-order valence-electron chi connectivity index (χ0n) is 9.07. The Kier molecular flexibility index (Phi) is 4.08. The number of halogens is 2. The number of methoxy groups -OCH3 is 1. The first-order valence-corrected chi connectivity index (χ1v) is 4.64. The molecule has 0 saturated heterocycles. The van der Waals surface area contributed by atoms with Crippen molar-refractivity contribution in [2.24, 2.45) is 0 Å². The highest BCUT2D eigenvalue weighted by atomic mass is 19.3. The van der Waals surface area contributed by atoms with E-state index >= 15 is 0 Å². The average molecular weight is 246 g/mol. The zero-order valence-corrected chi connectivity index (χ0v) is 9.07. The van der Waals surface area contributed by atoms with E-state index in [1.54, 1.807) is 0 Å². The molecule has 0 aromatic heterocycles. The summed E-state index contributed by atoms with van der Waals surface area (Å²) >= 11 is 0. The highest BCUT2D eigenvalue weighted by Crippen LogP contribution is 2.31. The van der Waals surface area contributed by atoms with Crippen LogP contribution in [0.2, 0.25) is 0 Å². The zero-order chi connectivity index (χ0) is 13.0. The lowest BCUT2D eigenvalue weighted by molar-refractivity contribution is -0.139. The Morgan fingerprint density at radius 1 is 1.41 bits per heavy atom. The third-order valence-electron chi connectivity index (χ3n) is 2.11. The molecule has 1 aromatic rings. The molecule has 0 fully saturated rings. The van der Waals surface area contributed by atoms with Gasteiger partial charge in [0.15, 0.2) is 0 Å². The van der Waals surface area contributed by atoms with Crippen LogP contribution in [0, 0.1) is 0 Å². The van der Waals surface area contributed by atoms with Crippen molar-refractivity contribution >= 4 is 17.3 Å². The standard InChI is InChI=1S/C10H12F2N2O3/c1-16-8(15)4-5-7(17-10(11)12)3-2-6(13)9(5)14/h2-3,10H,4,13-14H2,1H3. The Morgan fingerprint density at radius 2 is 2.06 bits per heavy atom. The predicted molar refractivity (Wildman–Crippen MR) is 57.6 cm³/mol. The SMILES string of the molecule is COC(=O)Cc1c(OC(F)F)ccc(N)c1N. The van der Waals surface area contributed by atoms with Crippen molar-refractivity contribution in [1.29, 1.82) is 0 Å². The van der Waals surface area contributed by atoms with Crippen molar-refractivity contribution in [1.82, 2.24) is 0 Å². The smallest absolute Gasteiger partial charge is 0.387 e. The number of rotatable bonds is 4. The number of carbonyl (C=O) groups excluding carboxylic acids is 1. The van der Waals surface area contributed by atoms with Crippen molar-refractivity contribution in [3.05, 3.63) is 17.7 Å². The van der Waals surface area contributed by atoms with Gasteiger partial charge in [-0.3, -0.25) is 4.79 Å². The lowest BCUT2D eigenvalue weighted by Crippen LogP contribution is -2.12. The molecule has 0 aliphatic carbocycles. The van der Waals surface area contributed by atoms with Gasteiger partial charge >= 0.3 is 12.6 Å². The first-order chi connectivity index (χ1) is 7.95. The van der Waals surface area contributed by atoms with Gasteiger partial charge in [-0.15, -0.1) is 0 Å². The van der Waals surface area contributed by atoms with Gasteiger partial charge in [0.25, 0.3) is 0 Å². The molecule has 7 heteroatoms. The summed E-state index contributed by atoms with van der Waals surface area (Å²) in [7, 11) is 1.18. The monoisotopic (exact) mass is 246 g/mol. The van der Waals surface area contributed by atoms with Crippen LogP contribution in [0.3, 0.4) is 0 Å². The highest BCUT2D eigenvalue weighted by molar-refractivity contribution is 5.80. The molecular weight excluding hydrogens is 234 g/mol. The molecule has 0 spiro atoms. The molecule has 0 heterocycles. The van der Waals surface area contributed by atoms with Crippen LogP contribution in [0.1, 0.15) is 5.56 Å². The fourth-order valence-corrected chi connectivity index (χ4v) is 1.27. The molecule has 17 heavy (non-hydrogen) atoms. The van der Waals surface area contributed by atoms with Crippen LogP contribution in [0.15, 0.2) is 12.1 Å². The van der Waals surface area contributed by atoms with E-state index in [2.05, 4.69) is 9.47 Å². The van der Waals surface area contributed by atoms with E-state index in [1.165, 1.54) is 19.2 Å². The molecule has 5 nitrogen and oxygen atoms in total. The second-order valence-corrected chi connectivity index (χ2v) is 3.18. The molecule has 0 bridgehead atoms. The minimum Gasteiger partial charge on any atom is -0.469 e. The Bertz CT molecular complexity index is 424. The molecule has 4 N–H and O–H groups in total. The van der Waals surface area contributed by atoms with Crippen LogP contribution in [0.5, 0.6) is 5.75 Å². The van der Waals surface area contributed by atoms with E-state index in [-0.39, 0.29) is 29.1 Å². The van der Waals surface area contributed by atoms with Gasteiger partial charge in [0.1, 0.15) is 5.75 Å². The molecule has 94 valence electrons. The summed E-state index contributed by atoms with van der Waals surface area (Å²) in [6.45, 7) is -3.01. The Balaban J connectivity index is 3.11. The maximum Gasteiger partial charge on any atom is 0.387 e. The van der Waals surface area contributed by atoms with Crippen LogP contribution < -0.4 is 16.2 Å². The second kappa shape index (κ2) is 5.33. The van der Waals surface area contributed by atoms with Gasteiger partial charge in [-0.2, -0.15) is 8.78 Å². The van der Waals surface area contributed by atoms with Gasteiger partial charge in [0, 0.05) is 5.56 Å². The summed E-state index contributed by atoms with van der Waals surface area (Å²) < 4.78 is 33.0. The summed E-state index contributed by atoms with van der Waals surface area (Å²) in [4.78, 5) is 11.1. The Hall–Kier alpha value is -2.05. The minimum absolute atomic E-state index is 0.0357. The van der Waals surface area contributed by atoms with Crippen LogP contribution in [-0.2, 0) is 16.0 Å². The minimum atomic E-state index is -3.01. The Morgan fingerprint density at radius 3 is 2.59 bits per heavy atom. The summed E-state index contributed by atoms with van der Waals surface area (Å²) in [5.41, 5.74) is 11.4. The van der Waals surface area contributed by atoms with E-state index < -0.39 is 12.6 Å². The molecule has 0 saturated carbocycles. The van der Waals surface area contributed by atoms with E-state index in [9.17, 15) is 13.6 Å². The number of alkyl halides is 2. The second-order valence-electron chi connectivity index (χ2n) is 3.18. The highest BCUT2D eigenvalue weighted by Gasteiger charge is 2.17.